The predicted molar refractivity (Wildman–Crippen MR) is 53.4 cm³/mol. The second kappa shape index (κ2) is 4.53. The molecule has 0 aromatic carbocycles. The second-order valence-electron chi connectivity index (χ2n) is 2.60. The maximum absolute atomic E-state index is 11.3. The number of H-pyrrole nitrogens is 1. The molecular weight excluding hydrogens is 211 g/mol. The van der Waals surface area contributed by atoms with Gasteiger partial charge in [-0.2, -0.15) is 0 Å². The molecule has 72 valence electrons. The molecule has 1 heterocycles. The number of amides is 1. The average molecular weight is 221 g/mol. The Morgan fingerprint density at radius 1 is 1.62 bits per heavy atom. The van der Waals surface area contributed by atoms with Crippen molar-refractivity contribution in [2.24, 2.45) is 0 Å². The highest BCUT2D eigenvalue weighted by atomic mass is 35.5. The molecule has 0 unspecified atom stereocenters. The van der Waals surface area contributed by atoms with E-state index in [0.29, 0.717) is 22.4 Å². The lowest BCUT2D eigenvalue weighted by Crippen LogP contribution is -2.24. The maximum Gasteiger partial charge on any atom is 0.267 e. The van der Waals surface area contributed by atoms with E-state index in [-0.39, 0.29) is 5.91 Å². The van der Waals surface area contributed by atoms with Crippen molar-refractivity contribution in [3.63, 3.8) is 0 Å². The third-order valence-corrected chi connectivity index (χ3v) is 2.20. The Balaban J connectivity index is 2.66. The molecule has 0 fully saturated rings. The van der Waals surface area contributed by atoms with Crippen LogP contribution in [0, 0.1) is 0 Å². The van der Waals surface area contributed by atoms with Crippen molar-refractivity contribution in [1.29, 1.82) is 0 Å². The van der Waals surface area contributed by atoms with Crippen molar-refractivity contribution in [1.82, 2.24) is 10.3 Å². The molecule has 0 radical (unpaired) electrons. The number of nitrogens with one attached hydrogen (secondary N) is 2. The lowest BCUT2D eigenvalue weighted by atomic mass is 10.4. The summed E-state index contributed by atoms with van der Waals surface area (Å²) in [4.78, 5) is 14.0. The smallest absolute Gasteiger partial charge is 0.267 e. The molecule has 3 nitrogen and oxygen atoms in total. The summed E-state index contributed by atoms with van der Waals surface area (Å²) in [7, 11) is 0. The zero-order valence-corrected chi connectivity index (χ0v) is 8.67. The molecule has 0 saturated carbocycles. The Hall–Kier alpha value is -0.670. The van der Waals surface area contributed by atoms with Crippen LogP contribution in [0.15, 0.2) is 6.07 Å². The van der Waals surface area contributed by atoms with Gasteiger partial charge >= 0.3 is 0 Å². The number of hydrogen-bond donors (Lipinski definition) is 2. The Morgan fingerprint density at radius 3 is 2.77 bits per heavy atom. The number of carbonyl (C=O) groups excluding carboxylic acids is 1. The minimum absolute atomic E-state index is 0.185. The molecule has 0 aliphatic carbocycles. The van der Waals surface area contributed by atoms with Crippen LogP contribution in [-0.4, -0.2) is 17.4 Å². The molecule has 1 rings (SSSR count). The fourth-order valence-corrected chi connectivity index (χ4v) is 1.17. The van der Waals surface area contributed by atoms with E-state index >= 15 is 0 Å². The van der Waals surface area contributed by atoms with Gasteiger partial charge in [-0.05, 0) is 12.5 Å². The monoisotopic (exact) mass is 220 g/mol. The lowest BCUT2D eigenvalue weighted by molar-refractivity contribution is 0.0949. The van der Waals surface area contributed by atoms with Crippen LogP contribution in [0.1, 0.15) is 23.8 Å². The van der Waals surface area contributed by atoms with Crippen molar-refractivity contribution in [3.05, 3.63) is 21.9 Å². The first-order chi connectivity index (χ1) is 6.15. The highest BCUT2D eigenvalue weighted by molar-refractivity contribution is 6.41. The van der Waals surface area contributed by atoms with Crippen LogP contribution < -0.4 is 5.32 Å². The van der Waals surface area contributed by atoms with Gasteiger partial charge in [0.25, 0.3) is 5.91 Å². The first kappa shape index (κ1) is 10.4. The van der Waals surface area contributed by atoms with E-state index in [1.807, 2.05) is 6.92 Å². The number of aromatic amines is 1. The van der Waals surface area contributed by atoms with Crippen LogP contribution in [0.25, 0.3) is 0 Å². The van der Waals surface area contributed by atoms with Gasteiger partial charge in [0.05, 0.1) is 5.02 Å². The second-order valence-corrected chi connectivity index (χ2v) is 3.39. The molecule has 1 aromatic rings. The third-order valence-electron chi connectivity index (χ3n) is 1.51. The quantitative estimate of drug-likeness (QED) is 0.808. The van der Waals surface area contributed by atoms with E-state index < -0.39 is 0 Å². The normalized spacial score (nSPS) is 10.1. The zero-order valence-electron chi connectivity index (χ0n) is 7.16. The fourth-order valence-electron chi connectivity index (χ4n) is 0.860. The van der Waals surface area contributed by atoms with Gasteiger partial charge in [0.2, 0.25) is 0 Å². The number of carbonyl (C=O) groups is 1. The molecule has 0 spiro atoms. The number of rotatable bonds is 3. The minimum Gasteiger partial charge on any atom is -0.351 e. The predicted octanol–water partition coefficient (Wildman–Crippen LogP) is 2.46. The van der Waals surface area contributed by atoms with Crippen molar-refractivity contribution in [2.45, 2.75) is 13.3 Å². The average Bonchev–Trinajstić information content (AvgIpc) is 2.43. The van der Waals surface area contributed by atoms with Gasteiger partial charge in [-0.1, -0.05) is 30.1 Å². The van der Waals surface area contributed by atoms with Crippen molar-refractivity contribution >= 4 is 29.1 Å². The van der Waals surface area contributed by atoms with Crippen LogP contribution in [0.3, 0.4) is 0 Å². The Kier molecular flexibility index (Phi) is 3.63. The lowest BCUT2D eigenvalue weighted by Gasteiger charge is -1.99. The SMILES string of the molecule is CCCNC(=O)c1cc(Cl)c(Cl)[nH]1. The Labute approximate surface area is 86.4 Å². The van der Waals surface area contributed by atoms with Gasteiger partial charge < -0.3 is 10.3 Å². The van der Waals surface area contributed by atoms with Gasteiger partial charge in [0.1, 0.15) is 10.8 Å². The summed E-state index contributed by atoms with van der Waals surface area (Å²) in [6, 6.07) is 1.51. The summed E-state index contributed by atoms with van der Waals surface area (Å²) in [5, 5.41) is 3.36. The molecule has 0 saturated heterocycles. The van der Waals surface area contributed by atoms with Gasteiger partial charge in [0, 0.05) is 6.54 Å². The summed E-state index contributed by atoms with van der Waals surface area (Å²) in [6.45, 7) is 2.63. The van der Waals surface area contributed by atoms with Crippen LogP contribution >= 0.6 is 23.2 Å². The van der Waals surface area contributed by atoms with E-state index in [0.717, 1.165) is 6.42 Å². The first-order valence-electron chi connectivity index (χ1n) is 3.97. The topological polar surface area (TPSA) is 44.9 Å². The highest BCUT2D eigenvalue weighted by Crippen LogP contribution is 2.21. The van der Waals surface area contributed by atoms with E-state index in [1.54, 1.807) is 0 Å². The molecular formula is C8H10Cl2N2O. The molecule has 13 heavy (non-hydrogen) atoms. The Bertz CT molecular complexity index is 290. The maximum atomic E-state index is 11.3. The largest absolute Gasteiger partial charge is 0.351 e. The zero-order chi connectivity index (χ0) is 9.84. The molecule has 0 bridgehead atoms. The van der Waals surface area contributed by atoms with Crippen LogP contribution in [0.2, 0.25) is 10.2 Å². The number of aromatic nitrogens is 1. The summed E-state index contributed by atoms with van der Waals surface area (Å²) in [5.41, 5.74) is 0.392. The number of halogens is 2. The van der Waals surface area contributed by atoms with Gasteiger partial charge in [0.15, 0.2) is 0 Å². The number of hydrogen-bond acceptors (Lipinski definition) is 1. The third kappa shape index (κ3) is 2.64. The van der Waals surface area contributed by atoms with E-state index in [1.165, 1.54) is 6.07 Å². The molecule has 0 atom stereocenters. The fraction of sp³-hybridized carbons (Fsp3) is 0.375. The summed E-state index contributed by atoms with van der Waals surface area (Å²) >= 11 is 11.3. The highest BCUT2D eigenvalue weighted by Gasteiger charge is 2.09. The molecule has 1 aromatic heterocycles. The summed E-state index contributed by atoms with van der Waals surface area (Å²) < 4.78 is 0. The molecule has 5 heteroatoms. The van der Waals surface area contributed by atoms with Gasteiger partial charge in [-0.3, -0.25) is 4.79 Å². The Morgan fingerprint density at radius 2 is 2.31 bits per heavy atom. The van der Waals surface area contributed by atoms with E-state index in [9.17, 15) is 4.79 Å². The van der Waals surface area contributed by atoms with Gasteiger partial charge in [-0.25, -0.2) is 0 Å². The summed E-state index contributed by atoms with van der Waals surface area (Å²) in [6.07, 6.45) is 0.897. The van der Waals surface area contributed by atoms with Crippen molar-refractivity contribution in [3.8, 4) is 0 Å². The minimum atomic E-state index is -0.185. The van der Waals surface area contributed by atoms with Crippen LogP contribution in [0.5, 0.6) is 0 Å². The van der Waals surface area contributed by atoms with Crippen LogP contribution in [-0.2, 0) is 0 Å². The van der Waals surface area contributed by atoms with Gasteiger partial charge in [-0.15, -0.1) is 0 Å². The summed E-state index contributed by atoms with van der Waals surface area (Å²) in [5.74, 6) is -0.185. The molecule has 1 amide bonds. The van der Waals surface area contributed by atoms with E-state index in [2.05, 4.69) is 10.3 Å². The first-order valence-corrected chi connectivity index (χ1v) is 4.73. The van der Waals surface area contributed by atoms with Crippen LogP contribution in [0.4, 0.5) is 0 Å². The van der Waals surface area contributed by atoms with E-state index in [4.69, 9.17) is 23.2 Å². The van der Waals surface area contributed by atoms with Crippen molar-refractivity contribution < 1.29 is 4.79 Å². The standard InChI is InChI=1S/C8H10Cl2N2O/c1-2-3-11-8(13)6-4-5(9)7(10)12-6/h4,12H,2-3H2,1H3,(H,11,13). The van der Waals surface area contributed by atoms with Crippen molar-refractivity contribution in [2.75, 3.05) is 6.54 Å². The molecule has 0 aliphatic heterocycles. The molecule has 0 aliphatic rings. The molecule has 2 N–H and O–H groups in total.